The van der Waals surface area contributed by atoms with Crippen molar-refractivity contribution in [3.05, 3.63) is 70.8 Å². The minimum atomic E-state index is -4.64. The van der Waals surface area contributed by atoms with E-state index in [-0.39, 0.29) is 18.6 Å². The molecule has 0 spiro atoms. The van der Waals surface area contributed by atoms with Crippen LogP contribution in [0.15, 0.2) is 64.5 Å². The molecule has 0 amide bonds. The van der Waals surface area contributed by atoms with Gasteiger partial charge in [0.05, 0.1) is 33.7 Å². The number of fused-ring (bicyclic) bond motifs is 1. The molecule has 2 heterocycles. The first-order valence-corrected chi connectivity index (χ1v) is 10.8. The zero-order valence-corrected chi connectivity index (χ0v) is 16.5. The lowest BCUT2D eigenvalue weighted by atomic mass is 10.1. The van der Waals surface area contributed by atoms with E-state index in [1.54, 1.807) is 24.3 Å². The first kappa shape index (κ1) is 20.5. The Kier molecular flexibility index (Phi) is 5.15. The van der Waals surface area contributed by atoms with E-state index < -0.39 is 32.7 Å². The monoisotopic (exact) mass is 437 g/mol. The fraction of sp³-hybridized carbons (Fsp3) is 0.300. The molecule has 6 nitrogen and oxygen atoms in total. The summed E-state index contributed by atoms with van der Waals surface area (Å²) in [4.78, 5) is 16.7. The summed E-state index contributed by atoms with van der Waals surface area (Å²) in [6.45, 7) is 0.156. The number of alkyl halides is 3. The third-order valence-corrected chi connectivity index (χ3v) is 7.10. The Hall–Kier alpha value is -2.72. The Morgan fingerprint density at radius 3 is 2.60 bits per heavy atom. The molecule has 30 heavy (non-hydrogen) atoms. The lowest BCUT2D eigenvalue weighted by Crippen LogP contribution is -2.42. The molecule has 0 bridgehead atoms. The van der Waals surface area contributed by atoms with Crippen LogP contribution in [-0.4, -0.2) is 35.4 Å². The standard InChI is InChI=1S/C20H18F3N3O3S/c21-20(22,23)14-5-3-7-16(11-14)30(28,29)25-10-4-6-15(12-25)26-13-24-18-9-2-1-8-17(18)19(26)27/h1-3,5,7-9,11,13,15H,4,6,10,12H2/t15-/m0/s1. The van der Waals surface area contributed by atoms with Gasteiger partial charge in [0.2, 0.25) is 10.0 Å². The molecule has 1 aliphatic rings. The Morgan fingerprint density at radius 1 is 1.07 bits per heavy atom. The summed E-state index contributed by atoms with van der Waals surface area (Å²) in [6, 6.07) is 10.1. The number of halogens is 3. The number of hydrogen-bond acceptors (Lipinski definition) is 4. The maximum atomic E-state index is 13.0. The summed E-state index contributed by atoms with van der Waals surface area (Å²) in [5, 5.41) is 0.429. The first-order chi connectivity index (χ1) is 14.2. The average Bonchev–Trinajstić information content (AvgIpc) is 2.74. The van der Waals surface area contributed by atoms with Gasteiger partial charge in [-0.1, -0.05) is 18.2 Å². The molecule has 0 saturated carbocycles. The van der Waals surface area contributed by atoms with Gasteiger partial charge in [-0.3, -0.25) is 9.36 Å². The summed E-state index contributed by atoms with van der Waals surface area (Å²) in [6.07, 6.45) is -2.20. The Balaban J connectivity index is 1.66. The lowest BCUT2D eigenvalue weighted by molar-refractivity contribution is -0.137. The van der Waals surface area contributed by atoms with Crippen LogP contribution in [0.2, 0.25) is 0 Å². The minimum Gasteiger partial charge on any atom is -0.294 e. The molecule has 0 unspecified atom stereocenters. The molecule has 0 aliphatic carbocycles. The molecular weight excluding hydrogens is 419 g/mol. The number of aromatic nitrogens is 2. The third-order valence-electron chi connectivity index (χ3n) is 5.24. The predicted octanol–water partition coefficient (Wildman–Crippen LogP) is 3.44. The smallest absolute Gasteiger partial charge is 0.294 e. The zero-order valence-electron chi connectivity index (χ0n) is 15.7. The van der Waals surface area contributed by atoms with Crippen LogP contribution in [-0.2, 0) is 16.2 Å². The molecular formula is C20H18F3N3O3S. The maximum Gasteiger partial charge on any atom is 0.416 e. The lowest BCUT2D eigenvalue weighted by Gasteiger charge is -2.32. The van der Waals surface area contributed by atoms with Gasteiger partial charge in [-0.2, -0.15) is 17.5 Å². The fourth-order valence-electron chi connectivity index (χ4n) is 3.69. The van der Waals surface area contributed by atoms with Crippen LogP contribution >= 0.6 is 0 Å². The second kappa shape index (κ2) is 7.51. The van der Waals surface area contributed by atoms with E-state index in [0.29, 0.717) is 29.8 Å². The van der Waals surface area contributed by atoms with Crippen molar-refractivity contribution in [3.63, 3.8) is 0 Å². The second-order valence-electron chi connectivity index (χ2n) is 7.16. The number of hydrogen-bond donors (Lipinski definition) is 0. The van der Waals surface area contributed by atoms with Gasteiger partial charge in [-0.05, 0) is 43.2 Å². The highest BCUT2D eigenvalue weighted by atomic mass is 32.2. The van der Waals surface area contributed by atoms with Gasteiger partial charge in [-0.25, -0.2) is 13.4 Å². The van der Waals surface area contributed by atoms with Gasteiger partial charge < -0.3 is 0 Å². The van der Waals surface area contributed by atoms with Gasteiger partial charge in [-0.15, -0.1) is 0 Å². The van der Waals surface area contributed by atoms with Crippen molar-refractivity contribution in [2.45, 2.75) is 30.0 Å². The number of para-hydroxylation sites is 1. The van der Waals surface area contributed by atoms with Crippen LogP contribution in [0.1, 0.15) is 24.4 Å². The molecule has 2 aromatic carbocycles. The molecule has 4 rings (SSSR count). The van der Waals surface area contributed by atoms with Crippen LogP contribution in [0.25, 0.3) is 10.9 Å². The largest absolute Gasteiger partial charge is 0.416 e. The molecule has 158 valence electrons. The average molecular weight is 437 g/mol. The third kappa shape index (κ3) is 3.72. The van der Waals surface area contributed by atoms with Crippen LogP contribution in [0, 0.1) is 0 Å². The van der Waals surface area contributed by atoms with E-state index in [2.05, 4.69) is 4.98 Å². The second-order valence-corrected chi connectivity index (χ2v) is 9.10. The van der Waals surface area contributed by atoms with E-state index in [1.165, 1.54) is 10.9 Å². The minimum absolute atomic E-state index is 0.0154. The Bertz CT molecular complexity index is 1260. The Morgan fingerprint density at radius 2 is 1.83 bits per heavy atom. The highest BCUT2D eigenvalue weighted by Gasteiger charge is 2.35. The molecule has 1 aromatic heterocycles. The molecule has 1 atom stereocenters. The highest BCUT2D eigenvalue weighted by Crippen LogP contribution is 2.32. The van der Waals surface area contributed by atoms with Crippen molar-refractivity contribution in [2.24, 2.45) is 0 Å². The number of benzene rings is 2. The molecule has 1 saturated heterocycles. The summed E-state index contributed by atoms with van der Waals surface area (Å²) in [5.74, 6) is 0. The number of nitrogens with zero attached hydrogens (tertiary/aromatic N) is 3. The summed E-state index contributed by atoms with van der Waals surface area (Å²) < 4.78 is 67.5. The normalized spacial score (nSPS) is 18.6. The fourth-order valence-corrected chi connectivity index (χ4v) is 5.25. The van der Waals surface area contributed by atoms with Gasteiger partial charge >= 0.3 is 6.18 Å². The van der Waals surface area contributed by atoms with E-state index in [4.69, 9.17) is 0 Å². The topological polar surface area (TPSA) is 72.3 Å². The molecule has 0 radical (unpaired) electrons. The van der Waals surface area contributed by atoms with Gasteiger partial charge in [0.1, 0.15) is 0 Å². The number of rotatable bonds is 3. The van der Waals surface area contributed by atoms with Crippen molar-refractivity contribution < 1.29 is 21.6 Å². The zero-order chi connectivity index (χ0) is 21.5. The van der Waals surface area contributed by atoms with E-state index in [1.807, 2.05) is 0 Å². The quantitative estimate of drug-likeness (QED) is 0.629. The van der Waals surface area contributed by atoms with Crippen molar-refractivity contribution in [1.82, 2.24) is 13.9 Å². The maximum absolute atomic E-state index is 13.0. The summed E-state index contributed by atoms with van der Waals surface area (Å²) >= 11 is 0. The SMILES string of the molecule is O=c1c2ccccc2ncn1[C@H]1CCCN(S(=O)(=O)c2cccc(C(F)(F)F)c2)C1. The van der Waals surface area contributed by atoms with Crippen molar-refractivity contribution in [2.75, 3.05) is 13.1 Å². The van der Waals surface area contributed by atoms with Gasteiger partial charge in [0.25, 0.3) is 5.56 Å². The van der Waals surface area contributed by atoms with Gasteiger partial charge in [0.15, 0.2) is 0 Å². The summed E-state index contributed by atoms with van der Waals surface area (Å²) in [7, 11) is -4.14. The highest BCUT2D eigenvalue weighted by molar-refractivity contribution is 7.89. The summed E-state index contributed by atoms with van der Waals surface area (Å²) in [5.41, 5.74) is -0.751. The van der Waals surface area contributed by atoms with Crippen LogP contribution in [0.3, 0.4) is 0 Å². The molecule has 1 aliphatic heterocycles. The molecule has 1 fully saturated rings. The van der Waals surface area contributed by atoms with E-state index >= 15 is 0 Å². The molecule has 0 N–H and O–H groups in total. The van der Waals surface area contributed by atoms with Crippen molar-refractivity contribution in [3.8, 4) is 0 Å². The van der Waals surface area contributed by atoms with Gasteiger partial charge in [0, 0.05) is 13.1 Å². The van der Waals surface area contributed by atoms with E-state index in [0.717, 1.165) is 22.5 Å². The molecule has 3 aromatic rings. The van der Waals surface area contributed by atoms with Crippen molar-refractivity contribution >= 4 is 20.9 Å². The van der Waals surface area contributed by atoms with Crippen LogP contribution in [0.4, 0.5) is 13.2 Å². The number of piperidine rings is 1. The van der Waals surface area contributed by atoms with Crippen LogP contribution in [0.5, 0.6) is 0 Å². The van der Waals surface area contributed by atoms with Crippen molar-refractivity contribution in [1.29, 1.82) is 0 Å². The van der Waals surface area contributed by atoms with Crippen LogP contribution < -0.4 is 5.56 Å². The predicted molar refractivity (Wildman–Crippen MR) is 104 cm³/mol. The molecule has 10 heteroatoms. The Labute approximate surface area is 170 Å². The number of sulfonamides is 1. The first-order valence-electron chi connectivity index (χ1n) is 9.31. The van der Waals surface area contributed by atoms with E-state index in [9.17, 15) is 26.4 Å².